The summed E-state index contributed by atoms with van der Waals surface area (Å²) in [7, 11) is 1.98. The average molecular weight is 255 g/mol. The van der Waals surface area contributed by atoms with Crippen LogP contribution < -0.4 is 5.32 Å². The first-order valence-corrected chi connectivity index (χ1v) is 7.00. The smallest absolute Gasteiger partial charge is 0.138 e. The van der Waals surface area contributed by atoms with E-state index in [0.717, 1.165) is 12.4 Å². The maximum atomic E-state index is 4.86. The highest BCUT2D eigenvalue weighted by Gasteiger charge is 2.29. The van der Waals surface area contributed by atoms with E-state index >= 15 is 0 Å². The standard InChI is InChI=1S/C16H21N3/c1-10-4-7-13(11(2)8-10)16-18-14(9-17-3)15(19-16)12-5-6-12/h4,7-8,12,17H,5-6,9H2,1-3H3,(H,18,19). The van der Waals surface area contributed by atoms with Crippen LogP contribution in [0.15, 0.2) is 18.2 Å². The molecule has 0 spiro atoms. The molecule has 0 radical (unpaired) electrons. The van der Waals surface area contributed by atoms with Crippen LogP contribution in [-0.2, 0) is 6.54 Å². The van der Waals surface area contributed by atoms with E-state index in [1.54, 1.807) is 0 Å². The first-order valence-electron chi connectivity index (χ1n) is 7.00. The van der Waals surface area contributed by atoms with E-state index in [1.807, 2.05) is 7.05 Å². The maximum absolute atomic E-state index is 4.86. The second-order valence-corrected chi connectivity index (χ2v) is 5.57. The van der Waals surface area contributed by atoms with Crippen LogP contribution >= 0.6 is 0 Å². The van der Waals surface area contributed by atoms with E-state index < -0.39 is 0 Å². The summed E-state index contributed by atoms with van der Waals surface area (Å²) in [6, 6.07) is 6.54. The Labute approximate surface area is 114 Å². The number of benzene rings is 1. The molecular formula is C16H21N3. The van der Waals surface area contributed by atoms with Crippen molar-refractivity contribution < 1.29 is 0 Å². The molecule has 2 N–H and O–H groups in total. The van der Waals surface area contributed by atoms with Crippen LogP contribution in [-0.4, -0.2) is 17.0 Å². The van der Waals surface area contributed by atoms with Gasteiger partial charge in [-0.1, -0.05) is 23.8 Å². The molecule has 1 aliphatic carbocycles. The van der Waals surface area contributed by atoms with E-state index in [1.165, 1.54) is 40.9 Å². The highest BCUT2D eigenvalue weighted by molar-refractivity contribution is 5.61. The van der Waals surface area contributed by atoms with Crippen molar-refractivity contribution >= 4 is 0 Å². The minimum Gasteiger partial charge on any atom is -0.341 e. The predicted octanol–water partition coefficient (Wildman–Crippen LogP) is 3.29. The molecule has 1 saturated carbocycles. The quantitative estimate of drug-likeness (QED) is 0.880. The Bertz CT molecular complexity index is 594. The summed E-state index contributed by atoms with van der Waals surface area (Å²) in [6.07, 6.45) is 2.57. The van der Waals surface area contributed by atoms with Gasteiger partial charge in [0.1, 0.15) is 5.82 Å². The largest absolute Gasteiger partial charge is 0.341 e. The fraction of sp³-hybridized carbons (Fsp3) is 0.438. The Morgan fingerprint density at radius 1 is 1.32 bits per heavy atom. The molecule has 3 nitrogen and oxygen atoms in total. The Morgan fingerprint density at radius 3 is 2.74 bits per heavy atom. The van der Waals surface area contributed by atoms with Gasteiger partial charge in [-0.15, -0.1) is 0 Å². The monoisotopic (exact) mass is 255 g/mol. The van der Waals surface area contributed by atoms with E-state index in [0.29, 0.717) is 5.92 Å². The summed E-state index contributed by atoms with van der Waals surface area (Å²) in [5.41, 5.74) is 6.32. The molecule has 1 aromatic heterocycles. The molecule has 19 heavy (non-hydrogen) atoms. The Hall–Kier alpha value is -1.61. The Balaban J connectivity index is 2.02. The third-order valence-corrected chi connectivity index (χ3v) is 3.77. The molecule has 0 amide bonds. The molecule has 0 saturated heterocycles. The number of imidazole rings is 1. The third kappa shape index (κ3) is 2.43. The number of aromatic nitrogens is 2. The summed E-state index contributed by atoms with van der Waals surface area (Å²) >= 11 is 0. The highest BCUT2D eigenvalue weighted by Crippen LogP contribution is 2.41. The predicted molar refractivity (Wildman–Crippen MR) is 78.2 cm³/mol. The van der Waals surface area contributed by atoms with Gasteiger partial charge in [-0.2, -0.15) is 0 Å². The first kappa shape index (κ1) is 12.4. The molecular weight excluding hydrogens is 234 g/mol. The normalized spacial score (nSPS) is 14.9. The Kier molecular flexibility index (Phi) is 3.15. The molecule has 3 heteroatoms. The topological polar surface area (TPSA) is 40.7 Å². The summed E-state index contributed by atoms with van der Waals surface area (Å²) < 4.78 is 0. The van der Waals surface area contributed by atoms with E-state index in [-0.39, 0.29) is 0 Å². The zero-order valence-corrected chi connectivity index (χ0v) is 11.9. The van der Waals surface area contributed by atoms with Gasteiger partial charge in [0.25, 0.3) is 0 Å². The highest BCUT2D eigenvalue weighted by atomic mass is 15.0. The lowest BCUT2D eigenvalue weighted by Crippen LogP contribution is -2.07. The molecule has 0 bridgehead atoms. The molecule has 100 valence electrons. The van der Waals surface area contributed by atoms with Gasteiger partial charge in [0.05, 0.1) is 11.4 Å². The van der Waals surface area contributed by atoms with E-state index in [2.05, 4.69) is 42.3 Å². The van der Waals surface area contributed by atoms with Crippen LogP contribution in [0.25, 0.3) is 11.4 Å². The second-order valence-electron chi connectivity index (χ2n) is 5.57. The van der Waals surface area contributed by atoms with E-state index in [4.69, 9.17) is 4.98 Å². The van der Waals surface area contributed by atoms with Gasteiger partial charge in [-0.3, -0.25) is 0 Å². The number of aryl methyl sites for hydroxylation is 2. The van der Waals surface area contributed by atoms with Crippen molar-refractivity contribution in [3.05, 3.63) is 40.7 Å². The lowest BCUT2D eigenvalue weighted by atomic mass is 10.1. The summed E-state index contributed by atoms with van der Waals surface area (Å²) in [5.74, 6) is 1.70. The van der Waals surface area contributed by atoms with Crippen molar-refractivity contribution in [2.75, 3.05) is 7.05 Å². The van der Waals surface area contributed by atoms with Gasteiger partial charge in [0, 0.05) is 18.0 Å². The van der Waals surface area contributed by atoms with Gasteiger partial charge in [0.15, 0.2) is 0 Å². The number of rotatable bonds is 4. The maximum Gasteiger partial charge on any atom is 0.138 e. The van der Waals surface area contributed by atoms with Crippen molar-refractivity contribution in [2.24, 2.45) is 0 Å². The van der Waals surface area contributed by atoms with Gasteiger partial charge < -0.3 is 10.3 Å². The minimum absolute atomic E-state index is 0.680. The van der Waals surface area contributed by atoms with E-state index in [9.17, 15) is 0 Å². The zero-order valence-electron chi connectivity index (χ0n) is 11.9. The molecule has 0 atom stereocenters. The molecule has 0 aliphatic heterocycles. The van der Waals surface area contributed by atoms with Crippen LogP contribution in [0.3, 0.4) is 0 Å². The molecule has 1 fully saturated rings. The van der Waals surface area contributed by atoms with Crippen molar-refractivity contribution in [1.29, 1.82) is 0 Å². The molecule has 3 rings (SSSR count). The Morgan fingerprint density at radius 2 is 2.11 bits per heavy atom. The van der Waals surface area contributed by atoms with Crippen molar-refractivity contribution in [2.45, 2.75) is 39.2 Å². The van der Waals surface area contributed by atoms with Gasteiger partial charge in [0.2, 0.25) is 0 Å². The number of nitrogens with zero attached hydrogens (tertiary/aromatic N) is 1. The first-order chi connectivity index (χ1) is 9.19. The number of H-pyrrole nitrogens is 1. The summed E-state index contributed by atoms with van der Waals surface area (Å²) in [5, 5.41) is 3.22. The van der Waals surface area contributed by atoms with Crippen LogP contribution in [0.5, 0.6) is 0 Å². The lowest BCUT2D eigenvalue weighted by molar-refractivity contribution is 0.782. The van der Waals surface area contributed by atoms with Gasteiger partial charge >= 0.3 is 0 Å². The van der Waals surface area contributed by atoms with Crippen LogP contribution in [0.4, 0.5) is 0 Å². The third-order valence-electron chi connectivity index (χ3n) is 3.77. The van der Waals surface area contributed by atoms with Gasteiger partial charge in [-0.25, -0.2) is 4.98 Å². The zero-order chi connectivity index (χ0) is 13.4. The molecule has 1 aromatic carbocycles. The average Bonchev–Trinajstić information content (AvgIpc) is 3.12. The minimum atomic E-state index is 0.680. The van der Waals surface area contributed by atoms with Crippen molar-refractivity contribution in [3.8, 4) is 11.4 Å². The SMILES string of the molecule is CNCc1[nH]c(-c2ccc(C)cc2C)nc1C1CC1. The number of aromatic amines is 1. The molecule has 2 aromatic rings. The molecule has 0 unspecified atom stereocenters. The van der Waals surface area contributed by atoms with Crippen molar-refractivity contribution in [1.82, 2.24) is 15.3 Å². The number of hydrogen-bond acceptors (Lipinski definition) is 2. The summed E-state index contributed by atoms with van der Waals surface area (Å²) in [6.45, 7) is 5.14. The second kappa shape index (κ2) is 4.82. The lowest BCUT2D eigenvalue weighted by Gasteiger charge is -2.03. The number of hydrogen-bond donors (Lipinski definition) is 2. The fourth-order valence-electron chi connectivity index (χ4n) is 2.64. The van der Waals surface area contributed by atoms with Crippen LogP contribution in [0.2, 0.25) is 0 Å². The van der Waals surface area contributed by atoms with Crippen LogP contribution in [0, 0.1) is 13.8 Å². The number of nitrogens with one attached hydrogen (secondary N) is 2. The molecule has 1 aliphatic rings. The fourth-order valence-corrected chi connectivity index (χ4v) is 2.64. The van der Waals surface area contributed by atoms with Crippen LogP contribution in [0.1, 0.15) is 41.3 Å². The molecule has 1 heterocycles. The van der Waals surface area contributed by atoms with Gasteiger partial charge in [-0.05, 0) is 39.3 Å². The summed E-state index contributed by atoms with van der Waals surface area (Å²) in [4.78, 5) is 8.36. The van der Waals surface area contributed by atoms with Crippen molar-refractivity contribution in [3.63, 3.8) is 0 Å².